The third kappa shape index (κ3) is 3.35. The monoisotopic (exact) mass is 221 g/mol. The largest absolute Gasteiger partial charge is 0.461 e. The van der Waals surface area contributed by atoms with Crippen molar-refractivity contribution < 1.29 is 9.53 Å². The molecule has 3 nitrogen and oxygen atoms in total. The van der Waals surface area contributed by atoms with Crippen LogP contribution in [0.2, 0.25) is 0 Å². The van der Waals surface area contributed by atoms with Crippen molar-refractivity contribution in [2.24, 2.45) is 5.73 Å². The summed E-state index contributed by atoms with van der Waals surface area (Å²) in [4.78, 5) is 11.5. The zero-order valence-electron chi connectivity index (χ0n) is 10.1. The lowest BCUT2D eigenvalue weighted by Gasteiger charge is -2.18. The molecule has 0 aromatic heterocycles. The van der Waals surface area contributed by atoms with Gasteiger partial charge in [0.2, 0.25) is 0 Å². The number of benzene rings is 1. The summed E-state index contributed by atoms with van der Waals surface area (Å²) in [6.45, 7) is 7.02. The molecule has 0 aliphatic heterocycles. The number of hydrogen-bond donors (Lipinski definition) is 1. The van der Waals surface area contributed by atoms with Gasteiger partial charge in [-0.3, -0.25) is 0 Å². The molecule has 0 radical (unpaired) electrons. The molecule has 0 saturated heterocycles. The highest BCUT2D eigenvalue weighted by molar-refractivity contribution is 5.89. The van der Waals surface area contributed by atoms with Crippen molar-refractivity contribution in [2.45, 2.75) is 26.2 Å². The van der Waals surface area contributed by atoms with Crippen LogP contribution in [0.15, 0.2) is 24.3 Å². The fourth-order valence-electron chi connectivity index (χ4n) is 1.34. The Kier molecular flexibility index (Phi) is 4.07. The molecule has 0 amide bonds. The van der Waals surface area contributed by atoms with Gasteiger partial charge < -0.3 is 10.5 Å². The number of nitrogens with two attached hydrogens (primary N) is 1. The molecule has 1 aromatic carbocycles. The molecule has 0 aliphatic rings. The van der Waals surface area contributed by atoms with E-state index >= 15 is 0 Å². The van der Waals surface area contributed by atoms with E-state index in [0.717, 1.165) is 0 Å². The van der Waals surface area contributed by atoms with E-state index in [9.17, 15) is 4.79 Å². The van der Waals surface area contributed by atoms with E-state index in [-0.39, 0.29) is 18.0 Å². The number of carbonyl (C=O) groups excluding carboxylic acids is 1. The fourth-order valence-corrected chi connectivity index (χ4v) is 1.34. The van der Waals surface area contributed by atoms with Crippen LogP contribution in [0.1, 0.15) is 36.7 Å². The van der Waals surface area contributed by atoms with Crippen LogP contribution in [-0.2, 0) is 10.2 Å². The predicted molar refractivity (Wildman–Crippen MR) is 64.5 cm³/mol. The van der Waals surface area contributed by atoms with Gasteiger partial charge in [0, 0.05) is 6.54 Å². The Balaban J connectivity index is 2.75. The minimum Gasteiger partial charge on any atom is -0.461 e. The van der Waals surface area contributed by atoms with Crippen LogP contribution in [0, 0.1) is 0 Å². The molecule has 0 heterocycles. The van der Waals surface area contributed by atoms with Crippen molar-refractivity contribution in [3.63, 3.8) is 0 Å². The van der Waals surface area contributed by atoms with Crippen molar-refractivity contribution in [2.75, 3.05) is 13.2 Å². The van der Waals surface area contributed by atoms with Crippen LogP contribution < -0.4 is 5.73 Å². The molecule has 0 atom stereocenters. The van der Waals surface area contributed by atoms with Gasteiger partial charge in [-0.25, -0.2) is 4.79 Å². The molecule has 0 unspecified atom stereocenters. The summed E-state index contributed by atoms with van der Waals surface area (Å²) in [6.07, 6.45) is 0. The maximum absolute atomic E-state index is 11.5. The molecular weight excluding hydrogens is 202 g/mol. The van der Waals surface area contributed by atoms with Gasteiger partial charge in [-0.15, -0.1) is 0 Å². The van der Waals surface area contributed by atoms with Crippen LogP contribution in [0.5, 0.6) is 0 Å². The second-order valence-corrected chi connectivity index (χ2v) is 4.75. The molecule has 0 bridgehead atoms. The Labute approximate surface area is 96.6 Å². The van der Waals surface area contributed by atoms with Gasteiger partial charge >= 0.3 is 5.97 Å². The summed E-state index contributed by atoms with van der Waals surface area (Å²) < 4.78 is 4.94. The normalized spacial score (nSPS) is 11.2. The lowest BCUT2D eigenvalue weighted by Crippen LogP contribution is -2.14. The summed E-state index contributed by atoms with van der Waals surface area (Å²) in [7, 11) is 0. The Hall–Kier alpha value is -1.35. The summed E-state index contributed by atoms with van der Waals surface area (Å²) in [5, 5.41) is 0. The van der Waals surface area contributed by atoms with Crippen molar-refractivity contribution in [3.05, 3.63) is 35.4 Å². The number of ether oxygens (including phenoxy) is 1. The van der Waals surface area contributed by atoms with Crippen molar-refractivity contribution in [1.82, 2.24) is 0 Å². The van der Waals surface area contributed by atoms with Gasteiger partial charge in [0.25, 0.3) is 0 Å². The van der Waals surface area contributed by atoms with E-state index in [1.165, 1.54) is 5.56 Å². The fraction of sp³-hybridized carbons (Fsp3) is 0.462. The first-order chi connectivity index (χ1) is 7.45. The third-order valence-electron chi connectivity index (χ3n) is 2.34. The average Bonchev–Trinajstić information content (AvgIpc) is 2.25. The second kappa shape index (κ2) is 5.12. The van der Waals surface area contributed by atoms with E-state index in [4.69, 9.17) is 10.5 Å². The van der Waals surface area contributed by atoms with Crippen LogP contribution in [0.3, 0.4) is 0 Å². The predicted octanol–water partition coefficient (Wildman–Crippen LogP) is 2.10. The van der Waals surface area contributed by atoms with Crippen LogP contribution >= 0.6 is 0 Å². The minimum atomic E-state index is -0.314. The summed E-state index contributed by atoms with van der Waals surface area (Å²) >= 11 is 0. The smallest absolute Gasteiger partial charge is 0.338 e. The SMILES string of the molecule is CC(C)(C)c1ccc(C(=O)OCCN)cc1. The van der Waals surface area contributed by atoms with Crippen LogP contribution in [0.4, 0.5) is 0 Å². The molecular formula is C13H19NO2. The molecule has 0 saturated carbocycles. The van der Waals surface area contributed by atoms with Crippen LogP contribution in [-0.4, -0.2) is 19.1 Å². The van der Waals surface area contributed by atoms with Crippen LogP contribution in [0.25, 0.3) is 0 Å². The highest BCUT2D eigenvalue weighted by Crippen LogP contribution is 2.22. The summed E-state index contributed by atoms with van der Waals surface area (Å²) in [5.41, 5.74) is 7.12. The Morgan fingerprint density at radius 3 is 2.25 bits per heavy atom. The first-order valence-corrected chi connectivity index (χ1v) is 5.43. The van der Waals surface area contributed by atoms with Gasteiger partial charge in [0.15, 0.2) is 0 Å². The third-order valence-corrected chi connectivity index (χ3v) is 2.34. The van der Waals surface area contributed by atoms with Crippen molar-refractivity contribution in [1.29, 1.82) is 0 Å². The molecule has 0 aliphatic carbocycles. The molecule has 16 heavy (non-hydrogen) atoms. The van der Waals surface area contributed by atoms with E-state index in [0.29, 0.717) is 12.1 Å². The first-order valence-electron chi connectivity index (χ1n) is 5.43. The molecule has 0 fully saturated rings. The van der Waals surface area contributed by atoms with Gasteiger partial charge in [-0.05, 0) is 23.1 Å². The molecule has 2 N–H and O–H groups in total. The average molecular weight is 221 g/mol. The minimum absolute atomic E-state index is 0.0969. The maximum Gasteiger partial charge on any atom is 0.338 e. The second-order valence-electron chi connectivity index (χ2n) is 4.75. The first kappa shape index (κ1) is 12.7. The molecule has 1 aromatic rings. The highest BCUT2D eigenvalue weighted by atomic mass is 16.5. The molecule has 0 spiro atoms. The zero-order valence-corrected chi connectivity index (χ0v) is 10.1. The topological polar surface area (TPSA) is 52.3 Å². The molecule has 88 valence electrons. The Bertz CT molecular complexity index is 349. The molecule has 3 heteroatoms. The molecule has 1 rings (SSSR count). The standard InChI is InChI=1S/C13H19NO2/c1-13(2,3)11-6-4-10(5-7-11)12(15)16-9-8-14/h4-7H,8-9,14H2,1-3H3. The van der Waals surface area contributed by atoms with Gasteiger partial charge in [0.05, 0.1) is 5.56 Å². The zero-order chi connectivity index (χ0) is 12.2. The van der Waals surface area contributed by atoms with Gasteiger partial charge in [-0.2, -0.15) is 0 Å². The summed E-state index contributed by atoms with van der Waals surface area (Å²) in [5.74, 6) is -0.314. The lowest BCUT2D eigenvalue weighted by atomic mass is 9.87. The van der Waals surface area contributed by atoms with E-state index in [1.807, 2.05) is 12.1 Å². The van der Waals surface area contributed by atoms with Crippen molar-refractivity contribution in [3.8, 4) is 0 Å². The van der Waals surface area contributed by atoms with Gasteiger partial charge in [-0.1, -0.05) is 32.9 Å². The maximum atomic E-state index is 11.5. The number of hydrogen-bond acceptors (Lipinski definition) is 3. The Morgan fingerprint density at radius 1 is 1.25 bits per heavy atom. The van der Waals surface area contributed by atoms with E-state index < -0.39 is 0 Å². The lowest BCUT2D eigenvalue weighted by molar-refractivity contribution is 0.0516. The quantitative estimate of drug-likeness (QED) is 0.795. The summed E-state index contributed by atoms with van der Waals surface area (Å²) in [6, 6.07) is 7.50. The highest BCUT2D eigenvalue weighted by Gasteiger charge is 2.14. The van der Waals surface area contributed by atoms with Gasteiger partial charge in [0.1, 0.15) is 6.61 Å². The Morgan fingerprint density at radius 2 is 1.81 bits per heavy atom. The van der Waals surface area contributed by atoms with E-state index in [2.05, 4.69) is 20.8 Å². The number of esters is 1. The number of carbonyl (C=O) groups is 1. The van der Waals surface area contributed by atoms with E-state index in [1.54, 1.807) is 12.1 Å². The number of rotatable bonds is 3. The van der Waals surface area contributed by atoms with Crippen molar-refractivity contribution >= 4 is 5.97 Å².